The van der Waals surface area contributed by atoms with Crippen LogP contribution < -0.4 is 11.1 Å². The second-order valence-electron chi connectivity index (χ2n) is 5.48. The van der Waals surface area contributed by atoms with Gasteiger partial charge in [0.1, 0.15) is 5.82 Å². The standard InChI is InChI=1S/C14H19N3O/c15-13-7-5-10(8-16-13)14(18)17-12-6-4-9-2-1-3-11(9)12/h5,7-9,11-12H,1-4,6H2,(H2,15,16)(H,17,18)/t9-,11-,12-/m1/s1. The smallest absolute Gasteiger partial charge is 0.253 e. The van der Waals surface area contributed by atoms with E-state index in [1.807, 2.05) is 0 Å². The number of pyridine rings is 1. The first-order valence-electron chi connectivity index (χ1n) is 6.76. The predicted molar refractivity (Wildman–Crippen MR) is 70.0 cm³/mol. The fourth-order valence-corrected chi connectivity index (χ4v) is 3.53. The zero-order valence-electron chi connectivity index (χ0n) is 10.4. The highest BCUT2D eigenvalue weighted by molar-refractivity contribution is 5.94. The number of nitrogens with two attached hydrogens (primary N) is 1. The van der Waals surface area contributed by atoms with E-state index in [1.165, 1.54) is 25.7 Å². The first-order valence-corrected chi connectivity index (χ1v) is 6.76. The molecule has 2 aliphatic rings. The average Bonchev–Trinajstić information content (AvgIpc) is 2.95. The van der Waals surface area contributed by atoms with Crippen LogP contribution in [0.4, 0.5) is 5.82 Å². The van der Waals surface area contributed by atoms with Crippen molar-refractivity contribution >= 4 is 11.7 Å². The number of nitrogens with zero attached hydrogens (tertiary/aromatic N) is 1. The van der Waals surface area contributed by atoms with Gasteiger partial charge in [-0.15, -0.1) is 0 Å². The van der Waals surface area contributed by atoms with Crippen LogP contribution in [0.25, 0.3) is 0 Å². The Morgan fingerprint density at radius 1 is 1.28 bits per heavy atom. The van der Waals surface area contributed by atoms with Gasteiger partial charge in [0, 0.05) is 12.2 Å². The van der Waals surface area contributed by atoms with E-state index < -0.39 is 0 Å². The van der Waals surface area contributed by atoms with Gasteiger partial charge in [-0.2, -0.15) is 0 Å². The lowest BCUT2D eigenvalue weighted by atomic mass is 9.97. The molecule has 2 saturated carbocycles. The third kappa shape index (κ3) is 2.07. The molecule has 4 nitrogen and oxygen atoms in total. The highest BCUT2D eigenvalue weighted by Gasteiger charge is 2.39. The normalized spacial score (nSPS) is 30.1. The number of nitrogen functional groups attached to an aromatic ring is 1. The van der Waals surface area contributed by atoms with E-state index >= 15 is 0 Å². The minimum Gasteiger partial charge on any atom is -0.384 e. The Morgan fingerprint density at radius 2 is 2.17 bits per heavy atom. The SMILES string of the molecule is Nc1ccc(C(=O)N[C@@H]2CC[C@H]3CCC[C@H]32)cn1. The summed E-state index contributed by atoms with van der Waals surface area (Å²) >= 11 is 0. The summed E-state index contributed by atoms with van der Waals surface area (Å²) in [5, 5.41) is 3.17. The minimum absolute atomic E-state index is 0.0138. The molecule has 4 heteroatoms. The molecular weight excluding hydrogens is 226 g/mol. The molecule has 18 heavy (non-hydrogen) atoms. The minimum atomic E-state index is -0.0138. The summed E-state index contributed by atoms with van der Waals surface area (Å²) < 4.78 is 0. The molecule has 0 saturated heterocycles. The Kier molecular flexibility index (Phi) is 2.94. The summed E-state index contributed by atoms with van der Waals surface area (Å²) in [6.07, 6.45) is 7.89. The number of rotatable bonds is 2. The van der Waals surface area contributed by atoms with Gasteiger partial charge < -0.3 is 11.1 Å². The van der Waals surface area contributed by atoms with E-state index in [-0.39, 0.29) is 5.91 Å². The van der Waals surface area contributed by atoms with Gasteiger partial charge in [0.25, 0.3) is 5.91 Å². The van der Waals surface area contributed by atoms with Crippen molar-refractivity contribution in [3.8, 4) is 0 Å². The number of hydrogen-bond acceptors (Lipinski definition) is 3. The van der Waals surface area contributed by atoms with Gasteiger partial charge in [0.15, 0.2) is 0 Å². The van der Waals surface area contributed by atoms with E-state index in [1.54, 1.807) is 18.3 Å². The number of carbonyl (C=O) groups excluding carboxylic acids is 1. The summed E-state index contributed by atoms with van der Waals surface area (Å²) in [6, 6.07) is 3.77. The Morgan fingerprint density at radius 3 is 2.94 bits per heavy atom. The van der Waals surface area contributed by atoms with Crippen molar-refractivity contribution in [2.24, 2.45) is 11.8 Å². The highest BCUT2D eigenvalue weighted by atomic mass is 16.1. The summed E-state index contributed by atoms with van der Waals surface area (Å²) in [6.45, 7) is 0. The fourth-order valence-electron chi connectivity index (χ4n) is 3.53. The Hall–Kier alpha value is -1.58. The lowest BCUT2D eigenvalue weighted by molar-refractivity contribution is 0.0926. The summed E-state index contributed by atoms with van der Waals surface area (Å²) in [7, 11) is 0. The van der Waals surface area contributed by atoms with Gasteiger partial charge in [-0.05, 0) is 43.2 Å². The lowest BCUT2D eigenvalue weighted by Crippen LogP contribution is -2.37. The number of hydrogen-bond donors (Lipinski definition) is 2. The maximum Gasteiger partial charge on any atom is 0.253 e. The number of carbonyl (C=O) groups is 1. The van der Waals surface area contributed by atoms with E-state index in [0.717, 1.165) is 12.3 Å². The Balaban J connectivity index is 1.66. The van der Waals surface area contributed by atoms with Crippen LogP contribution >= 0.6 is 0 Å². The van der Waals surface area contributed by atoms with Crippen LogP contribution in [-0.2, 0) is 0 Å². The molecule has 2 fully saturated rings. The second kappa shape index (κ2) is 4.59. The van der Waals surface area contributed by atoms with E-state index in [4.69, 9.17) is 5.73 Å². The molecule has 96 valence electrons. The quantitative estimate of drug-likeness (QED) is 0.837. The maximum absolute atomic E-state index is 12.1. The number of anilines is 1. The van der Waals surface area contributed by atoms with Crippen LogP contribution in [-0.4, -0.2) is 16.9 Å². The van der Waals surface area contributed by atoms with E-state index in [0.29, 0.717) is 23.3 Å². The molecule has 0 aromatic carbocycles. The summed E-state index contributed by atoms with van der Waals surface area (Å²) in [4.78, 5) is 16.1. The molecule has 0 spiro atoms. The van der Waals surface area contributed by atoms with E-state index in [9.17, 15) is 4.79 Å². The monoisotopic (exact) mass is 245 g/mol. The molecule has 3 atom stereocenters. The van der Waals surface area contributed by atoms with Gasteiger partial charge in [-0.3, -0.25) is 4.79 Å². The molecule has 0 unspecified atom stereocenters. The summed E-state index contributed by atoms with van der Waals surface area (Å²) in [5.41, 5.74) is 6.12. The van der Waals surface area contributed by atoms with E-state index in [2.05, 4.69) is 10.3 Å². The second-order valence-corrected chi connectivity index (χ2v) is 5.48. The van der Waals surface area contributed by atoms with Crippen molar-refractivity contribution in [3.05, 3.63) is 23.9 Å². The van der Waals surface area contributed by atoms with Crippen molar-refractivity contribution in [1.82, 2.24) is 10.3 Å². The number of fused-ring (bicyclic) bond motifs is 1. The van der Waals surface area contributed by atoms with Gasteiger partial charge in [0.2, 0.25) is 0 Å². The Labute approximate surface area is 107 Å². The first kappa shape index (κ1) is 11.5. The highest BCUT2D eigenvalue weighted by Crippen LogP contribution is 2.43. The number of amides is 1. The largest absolute Gasteiger partial charge is 0.384 e. The number of nitrogens with one attached hydrogen (secondary N) is 1. The van der Waals surface area contributed by atoms with Gasteiger partial charge in [-0.1, -0.05) is 12.8 Å². The predicted octanol–water partition coefficient (Wildman–Crippen LogP) is 1.97. The molecule has 0 aliphatic heterocycles. The fraction of sp³-hybridized carbons (Fsp3) is 0.571. The zero-order valence-corrected chi connectivity index (χ0v) is 10.4. The number of aromatic nitrogens is 1. The van der Waals surface area contributed by atoms with Crippen LogP contribution in [0.15, 0.2) is 18.3 Å². The molecule has 0 bridgehead atoms. The van der Waals surface area contributed by atoms with Crippen LogP contribution in [0.3, 0.4) is 0 Å². The van der Waals surface area contributed by atoms with Gasteiger partial charge >= 0.3 is 0 Å². The molecule has 3 N–H and O–H groups in total. The average molecular weight is 245 g/mol. The topological polar surface area (TPSA) is 68.0 Å². The van der Waals surface area contributed by atoms with Crippen LogP contribution in [0.1, 0.15) is 42.5 Å². The lowest BCUT2D eigenvalue weighted by Gasteiger charge is -2.19. The van der Waals surface area contributed by atoms with Crippen LogP contribution in [0.5, 0.6) is 0 Å². The Bertz CT molecular complexity index is 443. The van der Waals surface area contributed by atoms with Crippen LogP contribution in [0, 0.1) is 11.8 Å². The van der Waals surface area contributed by atoms with Crippen molar-refractivity contribution in [2.75, 3.05) is 5.73 Å². The maximum atomic E-state index is 12.1. The van der Waals surface area contributed by atoms with Crippen molar-refractivity contribution in [3.63, 3.8) is 0 Å². The molecule has 3 rings (SSSR count). The molecule has 2 aliphatic carbocycles. The molecule has 1 aromatic heterocycles. The molecular formula is C14H19N3O. The van der Waals surface area contributed by atoms with Gasteiger partial charge in [0.05, 0.1) is 5.56 Å². The zero-order chi connectivity index (χ0) is 12.5. The van der Waals surface area contributed by atoms with Gasteiger partial charge in [-0.25, -0.2) is 4.98 Å². The van der Waals surface area contributed by atoms with Crippen molar-refractivity contribution in [2.45, 2.75) is 38.1 Å². The molecule has 1 heterocycles. The van der Waals surface area contributed by atoms with Crippen LogP contribution in [0.2, 0.25) is 0 Å². The third-order valence-electron chi connectivity index (χ3n) is 4.45. The molecule has 1 aromatic rings. The first-order chi connectivity index (χ1) is 8.74. The molecule has 0 radical (unpaired) electrons. The third-order valence-corrected chi connectivity index (χ3v) is 4.45. The van der Waals surface area contributed by atoms with Crippen molar-refractivity contribution < 1.29 is 4.79 Å². The summed E-state index contributed by atoms with van der Waals surface area (Å²) in [5.74, 6) is 1.99. The van der Waals surface area contributed by atoms with Crippen molar-refractivity contribution in [1.29, 1.82) is 0 Å². The molecule has 1 amide bonds.